The van der Waals surface area contributed by atoms with Crippen LogP contribution in [0.2, 0.25) is 0 Å². The van der Waals surface area contributed by atoms with Crippen LogP contribution < -0.4 is 0 Å². The molecule has 0 radical (unpaired) electrons. The molecule has 0 unspecified atom stereocenters. The zero-order chi connectivity index (χ0) is 8.69. The van der Waals surface area contributed by atoms with E-state index in [0.717, 1.165) is 12.1 Å². The van der Waals surface area contributed by atoms with E-state index in [0.29, 0.717) is 0 Å². The van der Waals surface area contributed by atoms with Gasteiger partial charge in [0.25, 0.3) is 0 Å². The summed E-state index contributed by atoms with van der Waals surface area (Å²) in [6, 6.07) is 2.03. The summed E-state index contributed by atoms with van der Waals surface area (Å²) < 4.78 is 1.82. The van der Waals surface area contributed by atoms with Crippen LogP contribution in [0.15, 0.2) is 12.3 Å². The predicted octanol–water partition coefficient (Wildman–Crippen LogP) is 2.40. The quantitative estimate of drug-likeness (QED) is 0.607. The van der Waals surface area contributed by atoms with Gasteiger partial charge in [0.05, 0.1) is 5.69 Å². The van der Waals surface area contributed by atoms with Crippen molar-refractivity contribution in [2.75, 3.05) is 0 Å². The second-order valence-corrected chi connectivity index (χ2v) is 2.54. The van der Waals surface area contributed by atoms with E-state index in [2.05, 4.69) is 25.9 Å². The molecule has 0 spiro atoms. The van der Waals surface area contributed by atoms with Crippen molar-refractivity contribution in [2.45, 2.75) is 33.6 Å². The van der Waals surface area contributed by atoms with Crippen LogP contribution in [0.5, 0.6) is 0 Å². The molecule has 1 aromatic heterocycles. The molecule has 1 rings (SSSR count). The molecular formula is C9H18N2. The molecule has 0 atom stereocenters. The predicted molar refractivity (Wildman–Crippen MR) is 48.6 cm³/mol. The summed E-state index contributed by atoms with van der Waals surface area (Å²) in [6.07, 6.45) is 4.24. The summed E-state index contributed by atoms with van der Waals surface area (Å²) in [5.41, 5.74) is 1.16. The van der Waals surface area contributed by atoms with E-state index in [9.17, 15) is 0 Å². The van der Waals surface area contributed by atoms with Crippen molar-refractivity contribution in [1.82, 2.24) is 9.78 Å². The number of hydrogen-bond acceptors (Lipinski definition) is 1. The molecule has 0 N–H and O–H groups in total. The third kappa shape index (κ3) is 4.59. The van der Waals surface area contributed by atoms with Gasteiger partial charge < -0.3 is 0 Å². The number of aromatic nitrogens is 2. The second-order valence-electron chi connectivity index (χ2n) is 2.54. The van der Waals surface area contributed by atoms with Crippen LogP contribution >= 0.6 is 0 Å². The highest BCUT2D eigenvalue weighted by Gasteiger charge is 1.88. The zero-order valence-electron chi connectivity index (χ0n) is 7.96. The van der Waals surface area contributed by atoms with Gasteiger partial charge in [-0.1, -0.05) is 27.2 Å². The fourth-order valence-electron chi connectivity index (χ4n) is 0.652. The van der Waals surface area contributed by atoms with Gasteiger partial charge in [-0.2, -0.15) is 5.10 Å². The van der Waals surface area contributed by atoms with Gasteiger partial charge in [-0.15, -0.1) is 0 Å². The van der Waals surface area contributed by atoms with E-state index in [1.54, 1.807) is 0 Å². The Morgan fingerprint density at radius 3 is 2.09 bits per heavy atom. The van der Waals surface area contributed by atoms with E-state index >= 15 is 0 Å². The first-order valence-electron chi connectivity index (χ1n) is 4.23. The normalized spacial score (nSPS) is 8.73. The summed E-state index contributed by atoms with van der Waals surface area (Å²) in [6.45, 7) is 6.35. The Balaban J connectivity index is 0.000000292. The molecule has 0 aliphatic carbocycles. The summed E-state index contributed by atoms with van der Waals surface area (Å²) in [5, 5.41) is 4.15. The maximum atomic E-state index is 4.15. The average Bonchev–Trinajstić information content (AvgIpc) is 2.37. The molecule has 64 valence electrons. The van der Waals surface area contributed by atoms with E-state index < -0.39 is 0 Å². The van der Waals surface area contributed by atoms with E-state index in [4.69, 9.17) is 0 Å². The number of rotatable bonds is 1. The Kier molecular flexibility index (Phi) is 5.53. The maximum absolute atomic E-state index is 4.15. The highest BCUT2D eigenvalue weighted by Crippen LogP contribution is 1.92. The van der Waals surface area contributed by atoms with Gasteiger partial charge in [0.1, 0.15) is 0 Å². The molecule has 0 saturated carbocycles. The van der Waals surface area contributed by atoms with E-state index in [-0.39, 0.29) is 0 Å². The molecule has 0 aliphatic heterocycles. The average molecular weight is 154 g/mol. The summed E-state index contributed by atoms with van der Waals surface area (Å²) in [4.78, 5) is 0. The second kappa shape index (κ2) is 5.96. The molecule has 0 amide bonds. The van der Waals surface area contributed by atoms with Crippen molar-refractivity contribution in [3.63, 3.8) is 0 Å². The largest absolute Gasteiger partial charge is 0.276 e. The van der Waals surface area contributed by atoms with Gasteiger partial charge in [-0.05, 0) is 12.5 Å². The Morgan fingerprint density at radius 2 is 1.91 bits per heavy atom. The third-order valence-electron chi connectivity index (χ3n) is 1.13. The maximum Gasteiger partial charge on any atom is 0.0621 e. The molecular weight excluding hydrogens is 136 g/mol. The van der Waals surface area contributed by atoms with Crippen molar-refractivity contribution in [3.05, 3.63) is 18.0 Å². The Morgan fingerprint density at radius 1 is 1.36 bits per heavy atom. The van der Waals surface area contributed by atoms with Crippen LogP contribution in [0.1, 0.15) is 32.9 Å². The van der Waals surface area contributed by atoms with Gasteiger partial charge in [0.15, 0.2) is 0 Å². The summed E-state index contributed by atoms with van der Waals surface area (Å²) in [5.74, 6) is 0. The van der Waals surface area contributed by atoms with E-state index in [1.165, 1.54) is 6.42 Å². The van der Waals surface area contributed by atoms with Crippen molar-refractivity contribution in [3.8, 4) is 0 Å². The van der Waals surface area contributed by atoms with Crippen molar-refractivity contribution in [2.24, 2.45) is 7.05 Å². The van der Waals surface area contributed by atoms with Crippen molar-refractivity contribution < 1.29 is 0 Å². The molecule has 1 aromatic rings. The van der Waals surface area contributed by atoms with Crippen LogP contribution in [0.4, 0.5) is 0 Å². The Labute approximate surface area is 69.2 Å². The first-order valence-corrected chi connectivity index (χ1v) is 4.23. The van der Waals surface area contributed by atoms with Crippen molar-refractivity contribution >= 4 is 0 Å². The molecule has 0 saturated heterocycles. The molecule has 0 fully saturated rings. The van der Waals surface area contributed by atoms with Gasteiger partial charge >= 0.3 is 0 Å². The molecule has 0 aromatic carbocycles. The molecule has 2 nitrogen and oxygen atoms in total. The van der Waals surface area contributed by atoms with E-state index in [1.807, 2.05) is 24.0 Å². The van der Waals surface area contributed by atoms with Crippen LogP contribution in [0, 0.1) is 0 Å². The monoisotopic (exact) mass is 154 g/mol. The minimum atomic E-state index is 1.03. The SMILES string of the molecule is CCC.CCc1ccn(C)n1. The van der Waals surface area contributed by atoms with Crippen LogP contribution in [-0.4, -0.2) is 9.78 Å². The standard InChI is InChI=1S/C6H10N2.C3H8/c1-3-6-4-5-8(2)7-6;1-3-2/h4-5H,3H2,1-2H3;3H2,1-2H3. The lowest BCUT2D eigenvalue weighted by Crippen LogP contribution is -1.88. The molecule has 0 aliphatic rings. The minimum Gasteiger partial charge on any atom is -0.276 e. The lowest BCUT2D eigenvalue weighted by Gasteiger charge is -1.83. The highest BCUT2D eigenvalue weighted by molar-refractivity contribution is 4.97. The first kappa shape index (κ1) is 10.2. The molecule has 0 bridgehead atoms. The first-order chi connectivity index (χ1) is 5.24. The number of aryl methyl sites for hydroxylation is 2. The number of hydrogen-bond donors (Lipinski definition) is 0. The smallest absolute Gasteiger partial charge is 0.0621 e. The highest BCUT2D eigenvalue weighted by atomic mass is 15.2. The van der Waals surface area contributed by atoms with Gasteiger partial charge in [-0.25, -0.2) is 0 Å². The molecule has 11 heavy (non-hydrogen) atoms. The Hall–Kier alpha value is -0.790. The lowest BCUT2D eigenvalue weighted by atomic mass is 10.4. The van der Waals surface area contributed by atoms with Crippen molar-refractivity contribution in [1.29, 1.82) is 0 Å². The summed E-state index contributed by atoms with van der Waals surface area (Å²) >= 11 is 0. The zero-order valence-corrected chi connectivity index (χ0v) is 7.96. The lowest BCUT2D eigenvalue weighted by molar-refractivity contribution is 0.746. The minimum absolute atomic E-state index is 1.03. The fourth-order valence-corrected chi connectivity index (χ4v) is 0.652. The van der Waals surface area contributed by atoms with Crippen LogP contribution in [0.25, 0.3) is 0 Å². The van der Waals surface area contributed by atoms with Gasteiger partial charge in [0.2, 0.25) is 0 Å². The Bertz CT molecular complexity index is 179. The van der Waals surface area contributed by atoms with Crippen LogP contribution in [0.3, 0.4) is 0 Å². The van der Waals surface area contributed by atoms with Gasteiger partial charge in [-0.3, -0.25) is 4.68 Å². The topological polar surface area (TPSA) is 17.8 Å². The van der Waals surface area contributed by atoms with Gasteiger partial charge in [0, 0.05) is 13.2 Å². The molecule has 2 heteroatoms. The fraction of sp³-hybridized carbons (Fsp3) is 0.667. The summed E-state index contributed by atoms with van der Waals surface area (Å²) in [7, 11) is 1.93. The third-order valence-corrected chi connectivity index (χ3v) is 1.13. The number of nitrogens with zero attached hydrogens (tertiary/aromatic N) is 2. The van der Waals surface area contributed by atoms with Crippen LogP contribution in [-0.2, 0) is 13.5 Å². The molecule has 1 heterocycles.